The number of hydrazone groups is 1. The predicted octanol–water partition coefficient (Wildman–Crippen LogP) is 4.10. The van der Waals surface area contributed by atoms with Gasteiger partial charge >= 0.3 is 5.91 Å². The minimum atomic E-state index is -0.386. The summed E-state index contributed by atoms with van der Waals surface area (Å²) in [5.41, 5.74) is 6.47. The fourth-order valence-electron chi connectivity index (χ4n) is 2.53. The molecule has 0 atom stereocenters. The first-order chi connectivity index (χ1) is 11.6. The molecule has 0 radical (unpaired) electrons. The smallest absolute Gasteiger partial charge is 0.307 e. The maximum absolute atomic E-state index is 11.8. The van der Waals surface area contributed by atoms with Gasteiger partial charge in [-0.2, -0.15) is 5.10 Å². The van der Waals surface area contributed by atoms with Gasteiger partial charge in [-0.25, -0.2) is 5.43 Å². The Hall–Kier alpha value is -2.79. The molecule has 1 aromatic carbocycles. The van der Waals surface area contributed by atoms with E-state index < -0.39 is 0 Å². The van der Waals surface area contributed by atoms with Crippen molar-refractivity contribution < 1.29 is 9.21 Å². The number of nitrogens with one attached hydrogen (secondary N) is 1. The number of benzene rings is 1. The van der Waals surface area contributed by atoms with Crippen LogP contribution < -0.4 is 5.43 Å². The maximum Gasteiger partial charge on any atom is 0.307 e. The Morgan fingerprint density at radius 2 is 2.00 bits per heavy atom. The number of hydrogen-bond donors (Lipinski definition) is 1. The molecule has 0 aliphatic heterocycles. The van der Waals surface area contributed by atoms with E-state index >= 15 is 0 Å². The SMILES string of the molecule is Cc1cc(/C=N/NC(=O)c2ccco2)c(C)n1-c1ccc(Cl)cc1. The van der Waals surface area contributed by atoms with Gasteiger partial charge in [-0.3, -0.25) is 4.79 Å². The first-order valence-corrected chi connectivity index (χ1v) is 7.76. The van der Waals surface area contributed by atoms with Crippen molar-refractivity contribution in [2.45, 2.75) is 13.8 Å². The highest BCUT2D eigenvalue weighted by Gasteiger charge is 2.10. The number of aryl methyl sites for hydroxylation is 1. The molecule has 0 aliphatic carbocycles. The number of hydrogen-bond acceptors (Lipinski definition) is 3. The van der Waals surface area contributed by atoms with Gasteiger partial charge in [0.25, 0.3) is 0 Å². The van der Waals surface area contributed by atoms with Gasteiger partial charge in [0, 0.05) is 27.7 Å². The zero-order valence-corrected chi connectivity index (χ0v) is 14.0. The maximum atomic E-state index is 11.8. The zero-order chi connectivity index (χ0) is 17.1. The van der Waals surface area contributed by atoms with Crippen LogP contribution in [0.2, 0.25) is 5.02 Å². The number of rotatable bonds is 4. The molecule has 24 heavy (non-hydrogen) atoms. The summed E-state index contributed by atoms with van der Waals surface area (Å²) in [6.45, 7) is 4.01. The summed E-state index contributed by atoms with van der Waals surface area (Å²) in [7, 11) is 0. The molecule has 0 unspecified atom stereocenters. The Morgan fingerprint density at radius 1 is 1.25 bits per heavy atom. The number of carbonyl (C=O) groups is 1. The highest BCUT2D eigenvalue weighted by atomic mass is 35.5. The molecule has 0 aliphatic rings. The van der Waals surface area contributed by atoms with Crippen molar-refractivity contribution in [3.8, 4) is 5.69 Å². The summed E-state index contributed by atoms with van der Waals surface area (Å²) in [5.74, 6) is -0.165. The molecule has 3 aromatic rings. The molecule has 1 amide bonds. The van der Waals surface area contributed by atoms with Gasteiger partial charge in [0.15, 0.2) is 5.76 Å². The van der Waals surface area contributed by atoms with Crippen molar-refractivity contribution in [3.63, 3.8) is 0 Å². The van der Waals surface area contributed by atoms with Crippen LogP contribution in [-0.4, -0.2) is 16.7 Å². The van der Waals surface area contributed by atoms with E-state index in [-0.39, 0.29) is 11.7 Å². The van der Waals surface area contributed by atoms with Gasteiger partial charge in [-0.05, 0) is 56.3 Å². The lowest BCUT2D eigenvalue weighted by atomic mass is 10.2. The largest absolute Gasteiger partial charge is 0.459 e. The van der Waals surface area contributed by atoms with Crippen molar-refractivity contribution in [1.82, 2.24) is 9.99 Å². The molecule has 5 nitrogen and oxygen atoms in total. The topological polar surface area (TPSA) is 59.5 Å². The Labute approximate surface area is 144 Å². The molecule has 3 rings (SSSR count). The fourth-order valence-corrected chi connectivity index (χ4v) is 2.66. The lowest BCUT2D eigenvalue weighted by Gasteiger charge is -2.09. The molecule has 0 fully saturated rings. The number of halogens is 1. The first kappa shape index (κ1) is 16.1. The van der Waals surface area contributed by atoms with Crippen LogP contribution in [0.15, 0.2) is 58.2 Å². The minimum absolute atomic E-state index is 0.221. The van der Waals surface area contributed by atoms with Crippen LogP contribution in [0, 0.1) is 13.8 Å². The number of amides is 1. The van der Waals surface area contributed by atoms with Crippen LogP contribution in [0.25, 0.3) is 5.69 Å². The van der Waals surface area contributed by atoms with Crippen LogP contribution >= 0.6 is 11.6 Å². The number of aromatic nitrogens is 1. The van der Waals surface area contributed by atoms with E-state index in [2.05, 4.69) is 15.1 Å². The number of nitrogens with zero attached hydrogens (tertiary/aromatic N) is 2. The summed E-state index contributed by atoms with van der Waals surface area (Å²) >= 11 is 5.95. The molecule has 2 aromatic heterocycles. The molecule has 0 saturated heterocycles. The molecule has 0 spiro atoms. The summed E-state index contributed by atoms with van der Waals surface area (Å²) in [6, 6.07) is 12.9. The third-order valence-electron chi connectivity index (χ3n) is 3.67. The van der Waals surface area contributed by atoms with Gasteiger partial charge in [0.2, 0.25) is 0 Å². The van der Waals surface area contributed by atoms with Crippen molar-refractivity contribution in [2.24, 2.45) is 5.10 Å². The van der Waals surface area contributed by atoms with Crippen molar-refractivity contribution in [3.05, 3.63) is 76.5 Å². The second kappa shape index (κ2) is 6.76. The monoisotopic (exact) mass is 341 g/mol. The van der Waals surface area contributed by atoms with Crippen molar-refractivity contribution in [1.29, 1.82) is 0 Å². The standard InChI is InChI=1S/C18H16ClN3O2/c1-12-10-14(11-20-21-18(23)17-4-3-9-24-17)13(2)22(12)16-7-5-15(19)6-8-16/h3-11H,1-2H3,(H,21,23)/b20-11+. The van der Waals surface area contributed by atoms with E-state index in [1.165, 1.54) is 6.26 Å². The van der Waals surface area contributed by atoms with Crippen molar-refractivity contribution >= 4 is 23.7 Å². The number of carbonyl (C=O) groups excluding carboxylic acids is 1. The van der Waals surface area contributed by atoms with E-state index in [9.17, 15) is 4.79 Å². The molecule has 2 heterocycles. The Kier molecular flexibility index (Phi) is 4.53. The first-order valence-electron chi connectivity index (χ1n) is 7.38. The molecule has 1 N–H and O–H groups in total. The Morgan fingerprint density at radius 3 is 2.67 bits per heavy atom. The summed E-state index contributed by atoms with van der Waals surface area (Å²) < 4.78 is 7.11. The van der Waals surface area contributed by atoms with Crippen LogP contribution in [0.3, 0.4) is 0 Å². The quantitative estimate of drug-likeness (QED) is 0.573. The van der Waals surface area contributed by atoms with Gasteiger partial charge in [0.1, 0.15) is 0 Å². The molecule has 6 heteroatoms. The van der Waals surface area contributed by atoms with Gasteiger partial charge < -0.3 is 8.98 Å². The second-order valence-corrected chi connectivity index (χ2v) is 5.75. The third-order valence-corrected chi connectivity index (χ3v) is 3.92. The lowest BCUT2D eigenvalue weighted by Crippen LogP contribution is -2.16. The Balaban J connectivity index is 1.80. The van der Waals surface area contributed by atoms with E-state index in [1.807, 2.05) is 44.2 Å². The van der Waals surface area contributed by atoms with Gasteiger partial charge in [-0.15, -0.1) is 0 Å². The summed E-state index contributed by atoms with van der Waals surface area (Å²) in [6.07, 6.45) is 3.06. The van der Waals surface area contributed by atoms with Gasteiger partial charge in [0.05, 0.1) is 12.5 Å². The van der Waals surface area contributed by atoms with Crippen LogP contribution in [0.1, 0.15) is 27.5 Å². The average molecular weight is 342 g/mol. The molecule has 0 saturated carbocycles. The fraction of sp³-hybridized carbons (Fsp3) is 0.111. The highest BCUT2D eigenvalue weighted by molar-refractivity contribution is 6.30. The highest BCUT2D eigenvalue weighted by Crippen LogP contribution is 2.21. The average Bonchev–Trinajstić information content (AvgIpc) is 3.18. The van der Waals surface area contributed by atoms with Crippen LogP contribution in [-0.2, 0) is 0 Å². The second-order valence-electron chi connectivity index (χ2n) is 5.31. The predicted molar refractivity (Wildman–Crippen MR) is 94.0 cm³/mol. The molecular weight excluding hydrogens is 326 g/mol. The number of furan rings is 1. The van der Waals surface area contributed by atoms with E-state index in [0.29, 0.717) is 5.02 Å². The van der Waals surface area contributed by atoms with E-state index in [1.54, 1.807) is 18.3 Å². The molecule has 0 bridgehead atoms. The van der Waals surface area contributed by atoms with Gasteiger partial charge in [-0.1, -0.05) is 11.6 Å². The lowest BCUT2D eigenvalue weighted by molar-refractivity contribution is 0.0927. The molecule has 122 valence electrons. The normalized spacial score (nSPS) is 11.1. The van der Waals surface area contributed by atoms with Crippen LogP contribution in [0.4, 0.5) is 0 Å². The third kappa shape index (κ3) is 3.26. The van der Waals surface area contributed by atoms with Crippen molar-refractivity contribution in [2.75, 3.05) is 0 Å². The zero-order valence-electron chi connectivity index (χ0n) is 13.3. The van der Waals surface area contributed by atoms with Crippen LogP contribution in [0.5, 0.6) is 0 Å². The minimum Gasteiger partial charge on any atom is -0.459 e. The van der Waals surface area contributed by atoms with E-state index in [0.717, 1.165) is 22.6 Å². The summed E-state index contributed by atoms with van der Waals surface area (Å²) in [5, 5.41) is 4.70. The van der Waals surface area contributed by atoms with E-state index in [4.69, 9.17) is 16.0 Å². The summed E-state index contributed by atoms with van der Waals surface area (Å²) in [4.78, 5) is 11.8. The molecular formula is C18H16ClN3O2. The Bertz CT molecular complexity index is 878.